The molecule has 98 valence electrons. The third kappa shape index (κ3) is 2.64. The maximum atomic E-state index is 12.3. The quantitative estimate of drug-likeness (QED) is 0.865. The molecule has 1 amide bonds. The standard InChI is InChI=1S/C14H19NO3/c1-14(2)10-18-8-7-15(14)13(17)9-11-5-3-4-6-12(11)16/h3-6,16H,7-10H2,1-2H3. The van der Waals surface area contributed by atoms with Gasteiger partial charge in [-0.15, -0.1) is 0 Å². The van der Waals surface area contributed by atoms with Crippen molar-refractivity contribution in [2.24, 2.45) is 0 Å². The minimum absolute atomic E-state index is 0.0322. The topological polar surface area (TPSA) is 49.8 Å². The average molecular weight is 249 g/mol. The van der Waals surface area contributed by atoms with Gasteiger partial charge >= 0.3 is 0 Å². The number of morpholine rings is 1. The highest BCUT2D eigenvalue weighted by Crippen LogP contribution is 2.22. The van der Waals surface area contributed by atoms with Crippen molar-refractivity contribution < 1.29 is 14.6 Å². The van der Waals surface area contributed by atoms with Gasteiger partial charge in [0.2, 0.25) is 5.91 Å². The molecule has 0 unspecified atom stereocenters. The molecule has 0 saturated carbocycles. The van der Waals surface area contributed by atoms with E-state index in [-0.39, 0.29) is 23.6 Å². The van der Waals surface area contributed by atoms with Crippen LogP contribution in [0, 0.1) is 0 Å². The normalized spacial score (nSPS) is 18.7. The molecule has 1 saturated heterocycles. The highest BCUT2D eigenvalue weighted by molar-refractivity contribution is 5.80. The van der Waals surface area contributed by atoms with Gasteiger partial charge in [-0.2, -0.15) is 0 Å². The fraction of sp³-hybridized carbons (Fsp3) is 0.500. The van der Waals surface area contributed by atoms with Crippen molar-refractivity contribution in [3.63, 3.8) is 0 Å². The molecular weight excluding hydrogens is 230 g/mol. The van der Waals surface area contributed by atoms with Gasteiger partial charge in [-0.05, 0) is 19.9 Å². The van der Waals surface area contributed by atoms with E-state index in [1.165, 1.54) is 0 Å². The number of phenolic OH excluding ortho intramolecular Hbond substituents is 1. The molecule has 0 bridgehead atoms. The molecule has 18 heavy (non-hydrogen) atoms. The number of rotatable bonds is 2. The number of carbonyl (C=O) groups is 1. The second-order valence-corrected chi connectivity index (χ2v) is 5.22. The lowest BCUT2D eigenvalue weighted by atomic mass is 10.0. The van der Waals surface area contributed by atoms with Crippen LogP contribution < -0.4 is 0 Å². The summed E-state index contributed by atoms with van der Waals surface area (Å²) in [6, 6.07) is 6.96. The zero-order valence-corrected chi connectivity index (χ0v) is 10.8. The minimum Gasteiger partial charge on any atom is -0.508 e. The molecule has 0 atom stereocenters. The van der Waals surface area contributed by atoms with Crippen LogP contribution in [-0.4, -0.2) is 41.2 Å². The number of aromatic hydroxyl groups is 1. The number of amides is 1. The predicted octanol–water partition coefficient (Wildman–Crippen LogP) is 1.57. The molecule has 4 nitrogen and oxygen atoms in total. The fourth-order valence-electron chi connectivity index (χ4n) is 2.24. The summed E-state index contributed by atoms with van der Waals surface area (Å²) in [5, 5.41) is 9.69. The van der Waals surface area contributed by atoms with Crippen LogP contribution >= 0.6 is 0 Å². The van der Waals surface area contributed by atoms with Crippen LogP contribution in [0.15, 0.2) is 24.3 Å². The van der Waals surface area contributed by atoms with Crippen molar-refractivity contribution in [3.05, 3.63) is 29.8 Å². The van der Waals surface area contributed by atoms with Gasteiger partial charge < -0.3 is 14.7 Å². The van der Waals surface area contributed by atoms with Gasteiger partial charge in [0, 0.05) is 12.1 Å². The summed E-state index contributed by atoms with van der Waals surface area (Å²) >= 11 is 0. The molecule has 4 heteroatoms. The highest BCUT2D eigenvalue weighted by atomic mass is 16.5. The molecule has 1 heterocycles. The molecule has 1 aromatic carbocycles. The summed E-state index contributed by atoms with van der Waals surface area (Å²) < 4.78 is 5.40. The third-order valence-corrected chi connectivity index (χ3v) is 3.28. The molecule has 1 aliphatic rings. The lowest BCUT2D eigenvalue weighted by Crippen LogP contribution is -2.55. The fourth-order valence-corrected chi connectivity index (χ4v) is 2.24. The summed E-state index contributed by atoms with van der Waals surface area (Å²) in [5.41, 5.74) is 0.393. The molecule has 0 aromatic heterocycles. The first-order chi connectivity index (χ1) is 8.50. The molecule has 1 aliphatic heterocycles. The minimum atomic E-state index is -0.278. The largest absolute Gasteiger partial charge is 0.508 e. The lowest BCUT2D eigenvalue weighted by molar-refractivity contribution is -0.145. The van der Waals surface area contributed by atoms with Gasteiger partial charge in [-0.3, -0.25) is 4.79 Å². The number of phenols is 1. The van der Waals surface area contributed by atoms with Gasteiger partial charge in [0.1, 0.15) is 5.75 Å². The Morgan fingerprint density at radius 3 is 2.83 bits per heavy atom. The van der Waals surface area contributed by atoms with Gasteiger partial charge in [0.05, 0.1) is 25.2 Å². The third-order valence-electron chi connectivity index (χ3n) is 3.28. The van der Waals surface area contributed by atoms with E-state index in [0.29, 0.717) is 25.3 Å². The molecule has 0 radical (unpaired) electrons. The predicted molar refractivity (Wildman–Crippen MR) is 68.4 cm³/mol. The van der Waals surface area contributed by atoms with Crippen molar-refractivity contribution >= 4 is 5.91 Å². The van der Waals surface area contributed by atoms with E-state index in [1.807, 2.05) is 24.8 Å². The second kappa shape index (κ2) is 4.98. The maximum absolute atomic E-state index is 12.3. The van der Waals surface area contributed by atoms with E-state index in [4.69, 9.17) is 4.74 Å². The molecule has 0 spiro atoms. The second-order valence-electron chi connectivity index (χ2n) is 5.22. The first-order valence-electron chi connectivity index (χ1n) is 6.16. The molecule has 2 rings (SSSR count). The van der Waals surface area contributed by atoms with E-state index in [1.54, 1.807) is 18.2 Å². The Bertz CT molecular complexity index is 442. The number of ether oxygens (including phenoxy) is 1. The average Bonchev–Trinajstić information content (AvgIpc) is 2.31. The number of benzene rings is 1. The monoisotopic (exact) mass is 249 g/mol. The van der Waals surface area contributed by atoms with Crippen LogP contribution in [0.5, 0.6) is 5.75 Å². The Kier molecular flexibility index (Phi) is 3.57. The molecule has 1 aromatic rings. The van der Waals surface area contributed by atoms with Gasteiger partial charge in [0.15, 0.2) is 0 Å². The number of nitrogens with zero attached hydrogens (tertiary/aromatic N) is 1. The smallest absolute Gasteiger partial charge is 0.227 e. The zero-order valence-electron chi connectivity index (χ0n) is 10.8. The summed E-state index contributed by atoms with van der Waals surface area (Å²) in [6.45, 7) is 5.73. The molecule has 1 fully saturated rings. The van der Waals surface area contributed by atoms with E-state index in [9.17, 15) is 9.90 Å². The summed E-state index contributed by atoms with van der Waals surface area (Å²) in [4.78, 5) is 14.1. The first kappa shape index (κ1) is 12.9. The van der Waals surface area contributed by atoms with Crippen LogP contribution in [0.3, 0.4) is 0 Å². The number of carbonyl (C=O) groups excluding carboxylic acids is 1. The Morgan fingerprint density at radius 2 is 2.17 bits per heavy atom. The van der Waals surface area contributed by atoms with Crippen LogP contribution in [0.1, 0.15) is 19.4 Å². The van der Waals surface area contributed by atoms with Crippen molar-refractivity contribution in [2.75, 3.05) is 19.8 Å². The molecule has 1 N–H and O–H groups in total. The Morgan fingerprint density at radius 1 is 1.44 bits per heavy atom. The number of para-hydroxylation sites is 1. The van der Waals surface area contributed by atoms with Gasteiger partial charge in [0.25, 0.3) is 0 Å². The van der Waals surface area contributed by atoms with E-state index >= 15 is 0 Å². The van der Waals surface area contributed by atoms with Gasteiger partial charge in [-0.1, -0.05) is 18.2 Å². The van der Waals surface area contributed by atoms with Crippen molar-refractivity contribution in [3.8, 4) is 5.75 Å². The van der Waals surface area contributed by atoms with E-state index < -0.39 is 0 Å². The Balaban J connectivity index is 2.10. The Hall–Kier alpha value is -1.55. The van der Waals surface area contributed by atoms with Crippen LogP contribution in [0.4, 0.5) is 0 Å². The van der Waals surface area contributed by atoms with Crippen LogP contribution in [0.25, 0.3) is 0 Å². The van der Waals surface area contributed by atoms with E-state index in [2.05, 4.69) is 0 Å². The van der Waals surface area contributed by atoms with Crippen molar-refractivity contribution in [2.45, 2.75) is 25.8 Å². The zero-order chi connectivity index (χ0) is 13.2. The maximum Gasteiger partial charge on any atom is 0.227 e. The van der Waals surface area contributed by atoms with Gasteiger partial charge in [-0.25, -0.2) is 0 Å². The summed E-state index contributed by atoms with van der Waals surface area (Å²) in [5.74, 6) is 0.210. The lowest BCUT2D eigenvalue weighted by Gasteiger charge is -2.42. The highest BCUT2D eigenvalue weighted by Gasteiger charge is 2.33. The van der Waals surface area contributed by atoms with Crippen molar-refractivity contribution in [1.29, 1.82) is 0 Å². The number of hydrogen-bond acceptors (Lipinski definition) is 3. The van der Waals surface area contributed by atoms with Crippen LogP contribution in [0.2, 0.25) is 0 Å². The first-order valence-corrected chi connectivity index (χ1v) is 6.16. The molecule has 0 aliphatic carbocycles. The summed E-state index contributed by atoms with van der Waals surface area (Å²) in [7, 11) is 0. The molecular formula is C14H19NO3. The SMILES string of the molecule is CC1(C)COCCN1C(=O)Cc1ccccc1O. The number of hydrogen-bond donors (Lipinski definition) is 1. The summed E-state index contributed by atoms with van der Waals surface area (Å²) in [6.07, 6.45) is 0.232. The Labute approximate surface area is 107 Å². The van der Waals surface area contributed by atoms with Crippen LogP contribution in [-0.2, 0) is 16.0 Å². The van der Waals surface area contributed by atoms with Crippen molar-refractivity contribution in [1.82, 2.24) is 4.90 Å². The van der Waals surface area contributed by atoms with E-state index in [0.717, 1.165) is 0 Å².